The minimum atomic E-state index is -0.0605. The van der Waals surface area contributed by atoms with Crippen LogP contribution in [0.25, 0.3) is 10.9 Å². The maximum atomic E-state index is 12.6. The summed E-state index contributed by atoms with van der Waals surface area (Å²) < 4.78 is 11.9. The van der Waals surface area contributed by atoms with Crippen molar-refractivity contribution in [2.75, 3.05) is 39.6 Å². The molecule has 0 spiro atoms. The lowest BCUT2D eigenvalue weighted by molar-refractivity contribution is -0.149. The Labute approximate surface area is 204 Å². The number of pyridine rings is 1. The molecule has 1 fully saturated rings. The highest BCUT2D eigenvalue weighted by Crippen LogP contribution is 2.31. The van der Waals surface area contributed by atoms with E-state index in [0.717, 1.165) is 67.7 Å². The third-order valence-corrected chi connectivity index (χ3v) is 8.65. The van der Waals surface area contributed by atoms with E-state index in [-0.39, 0.29) is 11.9 Å². The average Bonchev–Trinajstić information content (AvgIpc) is 3.37. The highest BCUT2D eigenvalue weighted by Gasteiger charge is 2.34. The Bertz CT molecular complexity index is 1040. The van der Waals surface area contributed by atoms with Crippen molar-refractivity contribution < 1.29 is 14.3 Å². The number of hydrogen-bond donors (Lipinski definition) is 0. The van der Waals surface area contributed by atoms with Gasteiger partial charge in [0.15, 0.2) is 0 Å². The summed E-state index contributed by atoms with van der Waals surface area (Å²) in [4.78, 5) is 19.5. The van der Waals surface area contributed by atoms with Crippen LogP contribution < -0.4 is 4.74 Å². The largest absolute Gasteiger partial charge is 0.495 e. The maximum absolute atomic E-state index is 12.6. The van der Waals surface area contributed by atoms with Crippen molar-refractivity contribution in [3.63, 3.8) is 0 Å². The van der Waals surface area contributed by atoms with Gasteiger partial charge in [-0.1, -0.05) is 18.2 Å². The number of benzene rings is 1. The van der Waals surface area contributed by atoms with Gasteiger partial charge in [-0.15, -0.1) is 23.1 Å². The molecule has 0 saturated carbocycles. The molecule has 0 N–H and O–H groups in total. The number of carbonyl (C=O) groups excluding carboxylic acids is 1. The Kier molecular flexibility index (Phi) is 8.64. The van der Waals surface area contributed by atoms with E-state index in [1.54, 1.807) is 24.6 Å². The first-order chi connectivity index (χ1) is 16.2. The van der Waals surface area contributed by atoms with Crippen LogP contribution in [0.5, 0.6) is 5.75 Å². The van der Waals surface area contributed by atoms with Crippen molar-refractivity contribution in [2.45, 2.75) is 29.9 Å². The summed E-state index contributed by atoms with van der Waals surface area (Å²) in [6, 6.07) is 12.6. The van der Waals surface area contributed by atoms with Crippen molar-refractivity contribution in [2.24, 2.45) is 11.8 Å². The third kappa shape index (κ3) is 6.28. The van der Waals surface area contributed by atoms with Gasteiger partial charge >= 0.3 is 5.97 Å². The van der Waals surface area contributed by atoms with E-state index in [1.165, 1.54) is 16.9 Å². The second-order valence-corrected chi connectivity index (χ2v) is 10.9. The summed E-state index contributed by atoms with van der Waals surface area (Å²) in [6.07, 6.45) is 5.86. The summed E-state index contributed by atoms with van der Waals surface area (Å²) in [5.41, 5.74) is 2.28. The number of piperidine rings is 1. The van der Waals surface area contributed by atoms with Crippen molar-refractivity contribution >= 4 is 40.0 Å². The predicted octanol–water partition coefficient (Wildman–Crippen LogP) is 5.53. The van der Waals surface area contributed by atoms with Crippen LogP contribution in [0.15, 0.2) is 52.2 Å². The number of esters is 1. The SMILES string of the molecule is COC(=O)[C@H]1CN(CCSc2cccs2)CC[C@H]1CCCc1cccc2ncc(OC)cc12. The van der Waals surface area contributed by atoms with Gasteiger partial charge in [0.1, 0.15) is 5.75 Å². The van der Waals surface area contributed by atoms with Gasteiger partial charge in [-0.2, -0.15) is 0 Å². The Morgan fingerprint density at radius 1 is 1.27 bits per heavy atom. The number of thioether (sulfide) groups is 1. The number of aryl methyl sites for hydroxylation is 1. The van der Waals surface area contributed by atoms with Crippen LogP contribution >= 0.6 is 23.1 Å². The van der Waals surface area contributed by atoms with Crippen molar-refractivity contribution in [1.29, 1.82) is 0 Å². The molecule has 0 amide bonds. The molecule has 1 aromatic carbocycles. The van der Waals surface area contributed by atoms with Gasteiger partial charge in [0.05, 0.1) is 36.1 Å². The van der Waals surface area contributed by atoms with Gasteiger partial charge in [0.25, 0.3) is 0 Å². The van der Waals surface area contributed by atoms with E-state index in [0.29, 0.717) is 5.92 Å². The highest BCUT2D eigenvalue weighted by molar-refractivity contribution is 8.01. The minimum absolute atomic E-state index is 0.0373. The molecule has 0 radical (unpaired) electrons. The minimum Gasteiger partial charge on any atom is -0.495 e. The van der Waals surface area contributed by atoms with E-state index in [2.05, 4.69) is 45.6 Å². The fourth-order valence-electron chi connectivity index (χ4n) is 4.73. The lowest BCUT2D eigenvalue weighted by atomic mass is 9.81. The summed E-state index contributed by atoms with van der Waals surface area (Å²) >= 11 is 3.69. The molecule has 3 heterocycles. The lowest BCUT2D eigenvalue weighted by Gasteiger charge is -2.37. The van der Waals surface area contributed by atoms with Crippen LogP contribution in [0.3, 0.4) is 0 Å². The second-order valence-electron chi connectivity index (χ2n) is 8.51. The zero-order valence-electron chi connectivity index (χ0n) is 19.4. The summed E-state index contributed by atoms with van der Waals surface area (Å²) in [6.45, 7) is 2.86. The summed E-state index contributed by atoms with van der Waals surface area (Å²) in [7, 11) is 3.19. The number of methoxy groups -OCH3 is 2. The van der Waals surface area contributed by atoms with E-state index in [1.807, 2.05) is 17.8 Å². The van der Waals surface area contributed by atoms with Crippen LogP contribution in [0.4, 0.5) is 0 Å². The van der Waals surface area contributed by atoms with Crippen LogP contribution in [0.2, 0.25) is 0 Å². The number of likely N-dealkylation sites (tertiary alicyclic amines) is 1. The van der Waals surface area contributed by atoms with Crippen LogP contribution in [-0.4, -0.2) is 55.5 Å². The van der Waals surface area contributed by atoms with E-state index in [9.17, 15) is 4.79 Å². The molecule has 4 rings (SSSR count). The number of ether oxygens (including phenoxy) is 2. The van der Waals surface area contributed by atoms with E-state index in [4.69, 9.17) is 9.47 Å². The molecule has 7 heteroatoms. The normalized spacial score (nSPS) is 19.0. The fourth-order valence-corrected chi connectivity index (χ4v) is 6.59. The molecule has 176 valence electrons. The van der Waals surface area contributed by atoms with Gasteiger partial charge < -0.3 is 14.4 Å². The van der Waals surface area contributed by atoms with E-state index < -0.39 is 0 Å². The number of thiophene rings is 1. The Morgan fingerprint density at radius 3 is 2.97 bits per heavy atom. The molecule has 2 aromatic heterocycles. The van der Waals surface area contributed by atoms with Gasteiger partial charge in [0.2, 0.25) is 0 Å². The zero-order valence-corrected chi connectivity index (χ0v) is 21.0. The molecule has 1 aliphatic heterocycles. The molecule has 2 atom stereocenters. The molecule has 0 aliphatic carbocycles. The second kappa shape index (κ2) is 11.9. The van der Waals surface area contributed by atoms with Gasteiger partial charge in [-0.25, -0.2) is 0 Å². The smallest absolute Gasteiger partial charge is 0.310 e. The molecule has 1 saturated heterocycles. The van der Waals surface area contributed by atoms with Crippen LogP contribution in [-0.2, 0) is 16.0 Å². The molecule has 0 bridgehead atoms. The number of fused-ring (bicyclic) bond motifs is 1. The van der Waals surface area contributed by atoms with Gasteiger partial charge in [-0.05, 0) is 67.3 Å². The van der Waals surface area contributed by atoms with Gasteiger partial charge in [0, 0.05) is 24.2 Å². The molecule has 5 nitrogen and oxygen atoms in total. The predicted molar refractivity (Wildman–Crippen MR) is 136 cm³/mol. The van der Waals surface area contributed by atoms with Crippen molar-refractivity contribution in [1.82, 2.24) is 9.88 Å². The Morgan fingerprint density at radius 2 is 2.18 bits per heavy atom. The third-order valence-electron chi connectivity index (χ3n) is 6.54. The van der Waals surface area contributed by atoms with Crippen molar-refractivity contribution in [3.8, 4) is 5.75 Å². The monoisotopic (exact) mass is 484 g/mol. The number of nitrogens with zero attached hydrogens (tertiary/aromatic N) is 2. The Hall–Kier alpha value is -2.09. The molecular weight excluding hydrogens is 452 g/mol. The first-order valence-corrected chi connectivity index (χ1v) is 13.4. The molecular formula is C26H32N2O3S2. The summed E-state index contributed by atoms with van der Waals surface area (Å²) in [5.74, 6) is 2.11. The van der Waals surface area contributed by atoms with E-state index >= 15 is 0 Å². The lowest BCUT2D eigenvalue weighted by Crippen LogP contribution is -2.45. The van der Waals surface area contributed by atoms with Gasteiger partial charge in [-0.3, -0.25) is 9.78 Å². The van der Waals surface area contributed by atoms with Crippen molar-refractivity contribution in [3.05, 3.63) is 53.5 Å². The number of carbonyl (C=O) groups is 1. The zero-order chi connectivity index (χ0) is 23.0. The number of rotatable bonds is 10. The topological polar surface area (TPSA) is 51.7 Å². The standard InChI is InChI=1S/C26H32N2O3S2/c1-30-21-16-22-19(8-4-9-24(22)27-17-21)6-3-7-20-11-12-28(18-23(20)26(29)31-2)13-15-33-25-10-5-14-32-25/h4-5,8-10,14,16-17,20,23H,3,6-7,11-13,15,18H2,1-2H3/t20-,23+/m1/s1. The quantitative estimate of drug-likeness (QED) is 0.279. The number of aromatic nitrogens is 1. The van der Waals surface area contributed by atoms with Crippen LogP contribution in [0, 0.1) is 11.8 Å². The summed E-state index contributed by atoms with van der Waals surface area (Å²) in [5, 5.41) is 3.27. The first kappa shape index (κ1) is 24.0. The molecule has 33 heavy (non-hydrogen) atoms. The average molecular weight is 485 g/mol. The fraction of sp³-hybridized carbons (Fsp3) is 0.462. The maximum Gasteiger partial charge on any atom is 0.310 e. The number of hydrogen-bond acceptors (Lipinski definition) is 7. The molecule has 0 unspecified atom stereocenters. The molecule has 1 aliphatic rings. The van der Waals surface area contributed by atoms with Crippen LogP contribution in [0.1, 0.15) is 24.8 Å². The first-order valence-electron chi connectivity index (χ1n) is 11.6. The molecule has 3 aromatic rings. The highest BCUT2D eigenvalue weighted by atomic mass is 32.2. The Balaban J connectivity index is 1.32.